The molecule has 0 radical (unpaired) electrons. The topological polar surface area (TPSA) is 145 Å². The molecule has 0 atom stereocenters. The molecule has 0 unspecified atom stereocenters. The van der Waals surface area contributed by atoms with E-state index in [4.69, 9.17) is 4.74 Å². The molecule has 0 amide bonds. The van der Waals surface area contributed by atoms with Crippen LogP contribution in [0.3, 0.4) is 0 Å². The molecular formula is C29H38Li2N8O5. The van der Waals surface area contributed by atoms with Gasteiger partial charge in [0.05, 0.1) is 29.7 Å². The van der Waals surface area contributed by atoms with Crippen molar-refractivity contribution in [2.24, 2.45) is 14.1 Å². The first-order chi connectivity index (χ1) is 19.7. The van der Waals surface area contributed by atoms with E-state index in [2.05, 4.69) is 43.9 Å². The Morgan fingerprint density at radius 2 is 1.07 bits per heavy atom. The van der Waals surface area contributed by atoms with Gasteiger partial charge in [0.25, 0.3) is 0 Å². The summed E-state index contributed by atoms with van der Waals surface area (Å²) >= 11 is 0. The van der Waals surface area contributed by atoms with Crippen molar-refractivity contribution in [3.8, 4) is 0 Å². The summed E-state index contributed by atoms with van der Waals surface area (Å²) in [6.45, 7) is 7.92. The fourth-order valence-corrected chi connectivity index (χ4v) is 5.35. The number of nitrogens with zero attached hydrogens (tertiary/aromatic N) is 8. The van der Waals surface area contributed by atoms with Crippen molar-refractivity contribution in [1.29, 1.82) is 0 Å². The van der Waals surface area contributed by atoms with Gasteiger partial charge in [-0.25, -0.2) is 4.79 Å². The number of aromatic nitrogens is 4. The van der Waals surface area contributed by atoms with Crippen LogP contribution in [0.4, 0.5) is 11.6 Å². The number of methoxy groups -OCH3 is 1. The molecule has 2 aliphatic rings. The summed E-state index contributed by atoms with van der Waals surface area (Å²) in [5.74, 6) is 0.450. The van der Waals surface area contributed by atoms with Crippen molar-refractivity contribution in [1.82, 2.24) is 29.4 Å². The minimum absolute atomic E-state index is 0. The number of carbonyl (C=O) groups excluding carboxylic acids is 2. The molecule has 0 spiro atoms. The molecule has 1 N–H and O–H groups in total. The third kappa shape index (κ3) is 7.79. The molecule has 2 fully saturated rings. The minimum atomic E-state index is -1.16. The van der Waals surface area contributed by atoms with Crippen molar-refractivity contribution in [2.75, 3.05) is 83.4 Å². The molecule has 0 bridgehead atoms. The molecule has 2 aromatic carbocycles. The van der Waals surface area contributed by atoms with Crippen LogP contribution in [0.25, 0.3) is 21.8 Å². The van der Waals surface area contributed by atoms with Crippen LogP contribution in [0.5, 0.6) is 0 Å². The van der Waals surface area contributed by atoms with Gasteiger partial charge in [-0.05, 0) is 50.0 Å². The largest absolute Gasteiger partial charge is 1.00 e. The van der Waals surface area contributed by atoms with Gasteiger partial charge in [-0.3, -0.25) is 9.36 Å². The van der Waals surface area contributed by atoms with Crippen molar-refractivity contribution < 1.29 is 62.6 Å². The molecule has 4 aromatic rings. The number of esters is 1. The fourth-order valence-electron chi connectivity index (χ4n) is 5.35. The Balaban J connectivity index is 0.000000287. The second-order valence-electron chi connectivity index (χ2n) is 10.7. The van der Waals surface area contributed by atoms with Crippen LogP contribution < -0.4 is 52.6 Å². The number of anilines is 2. The Kier molecular flexibility index (Phi) is 13.4. The molecule has 13 nitrogen and oxygen atoms in total. The molecule has 15 heteroatoms. The maximum absolute atomic E-state index is 11.6. The Hall–Kier alpha value is -3.01. The van der Waals surface area contributed by atoms with Gasteiger partial charge >= 0.3 is 43.7 Å². The number of likely N-dealkylation sites (N-methyl/N-ethyl adjacent to an activating group) is 2. The number of hydrogen-bond donors (Lipinski definition) is 0. The number of aryl methyl sites for hydroxylation is 2. The van der Waals surface area contributed by atoms with E-state index in [0.717, 1.165) is 85.8 Å². The molecular weight excluding hydrogens is 554 g/mol. The molecule has 2 aliphatic heterocycles. The van der Waals surface area contributed by atoms with Crippen LogP contribution >= 0.6 is 0 Å². The van der Waals surface area contributed by atoms with E-state index in [1.54, 1.807) is 22.9 Å². The monoisotopic (exact) mass is 592 g/mol. The van der Waals surface area contributed by atoms with Gasteiger partial charge < -0.3 is 39.7 Å². The Morgan fingerprint density at radius 3 is 1.45 bits per heavy atom. The number of piperazine rings is 2. The summed E-state index contributed by atoms with van der Waals surface area (Å²) in [6.07, 6.45) is 0. The number of ether oxygens (including phenoxy) is 1. The van der Waals surface area contributed by atoms with E-state index in [1.807, 2.05) is 37.0 Å². The Morgan fingerprint density at radius 1 is 0.682 bits per heavy atom. The molecule has 2 aromatic heterocycles. The van der Waals surface area contributed by atoms with E-state index in [1.165, 1.54) is 7.11 Å². The van der Waals surface area contributed by atoms with Crippen molar-refractivity contribution >= 4 is 45.4 Å². The Bertz CT molecular complexity index is 1580. The summed E-state index contributed by atoms with van der Waals surface area (Å²) < 4.78 is 8.34. The summed E-state index contributed by atoms with van der Waals surface area (Å²) in [7, 11) is 9.38. The zero-order valence-electron chi connectivity index (χ0n) is 26.8. The van der Waals surface area contributed by atoms with Gasteiger partial charge in [-0.2, -0.15) is 10.2 Å². The van der Waals surface area contributed by atoms with Gasteiger partial charge in [0.2, 0.25) is 0 Å². The maximum atomic E-state index is 11.6. The zero-order valence-corrected chi connectivity index (χ0v) is 26.8. The molecule has 44 heavy (non-hydrogen) atoms. The van der Waals surface area contributed by atoms with Crippen molar-refractivity contribution in [3.05, 3.63) is 47.5 Å². The second kappa shape index (κ2) is 15.8. The van der Waals surface area contributed by atoms with Crippen LogP contribution in [0.15, 0.2) is 36.4 Å². The SMILES string of the molecule is CN1CCN(c2nn(C)c3cc(C(=O)[O-])ccc23)CC1.COC(=O)c1ccc2c(N3CCN(C)CC3)nn(C)c2c1.[Li+].[Li+].[OH-]. The number of rotatable bonds is 4. The maximum Gasteiger partial charge on any atom is 1.00 e. The van der Waals surface area contributed by atoms with Gasteiger partial charge in [0.1, 0.15) is 0 Å². The minimum Gasteiger partial charge on any atom is -0.870 e. The predicted molar refractivity (Wildman–Crippen MR) is 158 cm³/mol. The zero-order chi connectivity index (χ0) is 29.3. The van der Waals surface area contributed by atoms with Crippen LogP contribution in [0, 0.1) is 0 Å². The van der Waals surface area contributed by atoms with Gasteiger partial charge in [-0.1, -0.05) is 6.07 Å². The average Bonchev–Trinajstić information content (AvgIpc) is 3.49. The number of hydrogen-bond acceptors (Lipinski definition) is 11. The van der Waals surface area contributed by atoms with E-state index in [9.17, 15) is 14.7 Å². The first-order valence-corrected chi connectivity index (χ1v) is 13.8. The molecule has 2 saturated heterocycles. The first-order valence-electron chi connectivity index (χ1n) is 13.8. The summed E-state index contributed by atoms with van der Waals surface area (Å²) in [4.78, 5) is 31.7. The van der Waals surface area contributed by atoms with Gasteiger partial charge in [-0.15, -0.1) is 0 Å². The average molecular weight is 593 g/mol. The van der Waals surface area contributed by atoms with E-state index in [-0.39, 0.29) is 54.7 Å². The fraction of sp³-hybridized carbons (Fsp3) is 0.448. The van der Waals surface area contributed by atoms with E-state index >= 15 is 0 Å². The second-order valence-corrected chi connectivity index (χ2v) is 10.7. The molecule has 4 heterocycles. The number of carboxylic acids is 1. The number of carbonyl (C=O) groups is 2. The molecule has 0 aliphatic carbocycles. The molecule has 226 valence electrons. The summed E-state index contributed by atoms with van der Waals surface area (Å²) in [5, 5.41) is 22.2. The molecule has 6 rings (SSSR count). The molecule has 0 saturated carbocycles. The quantitative estimate of drug-likeness (QED) is 0.165. The van der Waals surface area contributed by atoms with Gasteiger partial charge in [0, 0.05) is 77.2 Å². The van der Waals surface area contributed by atoms with Crippen LogP contribution in [-0.2, 0) is 18.8 Å². The third-order valence-corrected chi connectivity index (χ3v) is 7.93. The summed E-state index contributed by atoms with van der Waals surface area (Å²) in [6, 6.07) is 10.6. The number of carboxylic acid groups (broad SMARTS) is 1. The summed E-state index contributed by atoms with van der Waals surface area (Å²) in [5.41, 5.74) is 2.51. The van der Waals surface area contributed by atoms with Crippen molar-refractivity contribution in [3.63, 3.8) is 0 Å². The number of benzene rings is 2. The Labute approximate surface area is 281 Å². The van der Waals surface area contributed by atoms with Gasteiger partial charge in [0.15, 0.2) is 11.6 Å². The standard InChI is InChI=1S/C15H20N4O2.C14H18N4O2.2Li.H2O/c1-17-6-8-19(9-7-17)14-12-5-4-11(15(20)21-3)10-13(12)18(2)16-14;1-16-5-7-18(8-6-16)13-11-4-3-10(14(19)20)9-12(11)17(2)15-13;;;/h4-5,10H,6-9H2,1-3H3;3-4,9H,5-8H2,1-2H3,(H,19,20);;;1H2/q;;2*+1;/p-2. The number of fused-ring (bicyclic) bond motifs is 2. The predicted octanol–water partition coefficient (Wildman–Crippen LogP) is -5.37. The first kappa shape index (κ1) is 37.2. The van der Waals surface area contributed by atoms with Crippen LogP contribution in [-0.4, -0.2) is 120 Å². The normalized spacial score (nSPS) is 15.5. The van der Waals surface area contributed by atoms with Crippen LogP contribution in [0.2, 0.25) is 0 Å². The van der Waals surface area contributed by atoms with E-state index in [0.29, 0.717) is 5.56 Å². The third-order valence-electron chi connectivity index (χ3n) is 7.93. The number of aromatic carboxylic acids is 1. The van der Waals surface area contributed by atoms with E-state index < -0.39 is 5.97 Å². The smallest absolute Gasteiger partial charge is 0.870 e. The van der Waals surface area contributed by atoms with Crippen molar-refractivity contribution in [2.45, 2.75) is 0 Å². The van der Waals surface area contributed by atoms with Crippen LogP contribution in [0.1, 0.15) is 20.7 Å².